The maximum absolute atomic E-state index is 12.0. The summed E-state index contributed by atoms with van der Waals surface area (Å²) in [4.78, 5) is 18.9. The van der Waals surface area contributed by atoms with Crippen LogP contribution in [0.15, 0.2) is 54.6 Å². The Morgan fingerprint density at radius 3 is 2.28 bits per heavy atom. The van der Waals surface area contributed by atoms with Crippen LogP contribution in [0, 0.1) is 0 Å². The molecule has 4 rings (SSSR count). The molecule has 0 aliphatic carbocycles. The molecule has 126 valence electrons. The number of nitrogens with one attached hydrogen (secondary N) is 1. The molecular formula is C20H19N3O2. The zero-order chi connectivity index (χ0) is 17.2. The molecule has 25 heavy (non-hydrogen) atoms. The largest absolute Gasteiger partial charge is 0.478 e. The zero-order valence-corrected chi connectivity index (χ0v) is 13.8. The van der Waals surface area contributed by atoms with Gasteiger partial charge in [-0.25, -0.2) is 9.78 Å². The fraction of sp³-hybridized carbons (Fsp3) is 0.200. The SMILES string of the molecule is O=C(O)c1c(N2CCNCC2)nc(-c2ccccc2)c2ccccc12. The van der Waals surface area contributed by atoms with Crippen LogP contribution in [0.1, 0.15) is 10.4 Å². The van der Waals surface area contributed by atoms with Crippen LogP contribution in [0.4, 0.5) is 5.82 Å². The number of carboxylic acid groups (broad SMARTS) is 1. The van der Waals surface area contributed by atoms with Gasteiger partial charge in [-0.15, -0.1) is 0 Å². The lowest BCUT2D eigenvalue weighted by Gasteiger charge is -2.30. The van der Waals surface area contributed by atoms with Gasteiger partial charge in [0.2, 0.25) is 0 Å². The summed E-state index contributed by atoms with van der Waals surface area (Å²) in [5, 5.41) is 14.8. The number of nitrogens with zero attached hydrogens (tertiary/aromatic N) is 2. The summed E-state index contributed by atoms with van der Waals surface area (Å²) in [6.07, 6.45) is 0. The van der Waals surface area contributed by atoms with E-state index >= 15 is 0 Å². The fourth-order valence-corrected chi connectivity index (χ4v) is 3.38. The highest BCUT2D eigenvalue weighted by Gasteiger charge is 2.24. The molecule has 0 saturated carbocycles. The molecule has 0 radical (unpaired) electrons. The minimum atomic E-state index is -0.933. The van der Waals surface area contributed by atoms with Gasteiger partial charge in [0.05, 0.1) is 5.69 Å². The Balaban J connectivity index is 2.02. The van der Waals surface area contributed by atoms with Crippen LogP contribution in [0.3, 0.4) is 0 Å². The second kappa shape index (κ2) is 6.53. The molecular weight excluding hydrogens is 314 g/mol. The lowest BCUT2D eigenvalue weighted by molar-refractivity contribution is 0.0699. The van der Waals surface area contributed by atoms with Crippen molar-refractivity contribution >= 4 is 22.6 Å². The van der Waals surface area contributed by atoms with Gasteiger partial charge in [-0.05, 0) is 0 Å². The van der Waals surface area contributed by atoms with Crippen molar-refractivity contribution in [2.24, 2.45) is 0 Å². The Kier molecular flexibility index (Phi) is 4.07. The molecule has 0 spiro atoms. The van der Waals surface area contributed by atoms with Crippen LogP contribution < -0.4 is 10.2 Å². The quantitative estimate of drug-likeness (QED) is 0.771. The van der Waals surface area contributed by atoms with Crippen molar-refractivity contribution < 1.29 is 9.90 Å². The van der Waals surface area contributed by atoms with Gasteiger partial charge in [-0.1, -0.05) is 54.6 Å². The molecule has 3 aromatic rings. The predicted octanol–water partition coefficient (Wildman–Crippen LogP) is 3.01. The lowest BCUT2D eigenvalue weighted by Crippen LogP contribution is -2.44. The first-order valence-corrected chi connectivity index (χ1v) is 8.43. The molecule has 2 N–H and O–H groups in total. The molecule has 0 amide bonds. The van der Waals surface area contributed by atoms with Gasteiger partial charge < -0.3 is 15.3 Å². The first kappa shape index (κ1) is 15.6. The van der Waals surface area contributed by atoms with E-state index in [-0.39, 0.29) is 5.56 Å². The predicted molar refractivity (Wildman–Crippen MR) is 99.2 cm³/mol. The second-order valence-corrected chi connectivity index (χ2v) is 6.11. The van der Waals surface area contributed by atoms with Gasteiger partial charge >= 0.3 is 5.97 Å². The average molecular weight is 333 g/mol. The van der Waals surface area contributed by atoms with E-state index in [9.17, 15) is 9.90 Å². The third-order valence-electron chi connectivity index (χ3n) is 4.57. The van der Waals surface area contributed by atoms with Crippen molar-refractivity contribution in [3.8, 4) is 11.3 Å². The molecule has 2 aromatic carbocycles. The summed E-state index contributed by atoms with van der Waals surface area (Å²) in [6.45, 7) is 3.15. The highest BCUT2D eigenvalue weighted by Crippen LogP contribution is 2.34. The summed E-state index contributed by atoms with van der Waals surface area (Å²) in [7, 11) is 0. The van der Waals surface area contributed by atoms with E-state index in [0.717, 1.165) is 48.2 Å². The van der Waals surface area contributed by atoms with Gasteiger partial charge in [-0.2, -0.15) is 0 Å². The van der Waals surface area contributed by atoms with E-state index in [1.165, 1.54) is 0 Å². The minimum Gasteiger partial charge on any atom is -0.478 e. The third kappa shape index (κ3) is 2.83. The zero-order valence-electron chi connectivity index (χ0n) is 13.8. The number of benzene rings is 2. The van der Waals surface area contributed by atoms with Crippen LogP contribution in [0.5, 0.6) is 0 Å². The number of carboxylic acids is 1. The monoisotopic (exact) mass is 333 g/mol. The smallest absolute Gasteiger partial charge is 0.340 e. The molecule has 1 aromatic heterocycles. The van der Waals surface area contributed by atoms with Crippen molar-refractivity contribution in [1.29, 1.82) is 0 Å². The van der Waals surface area contributed by atoms with Crippen molar-refractivity contribution in [3.05, 3.63) is 60.2 Å². The number of pyridine rings is 1. The van der Waals surface area contributed by atoms with Crippen LogP contribution in [-0.2, 0) is 0 Å². The van der Waals surface area contributed by atoms with E-state index < -0.39 is 5.97 Å². The Hall–Kier alpha value is -2.92. The highest BCUT2D eigenvalue weighted by atomic mass is 16.4. The highest BCUT2D eigenvalue weighted by molar-refractivity contribution is 6.11. The molecule has 1 aliphatic heterocycles. The number of hydrogen-bond acceptors (Lipinski definition) is 4. The first-order chi connectivity index (χ1) is 12.3. The molecule has 5 nitrogen and oxygen atoms in total. The minimum absolute atomic E-state index is 0.289. The van der Waals surface area contributed by atoms with Crippen molar-refractivity contribution in [2.45, 2.75) is 0 Å². The number of hydrogen-bond donors (Lipinski definition) is 2. The summed E-state index contributed by atoms with van der Waals surface area (Å²) < 4.78 is 0. The van der Waals surface area contributed by atoms with E-state index in [0.29, 0.717) is 5.82 Å². The Morgan fingerprint density at radius 1 is 0.960 bits per heavy atom. The molecule has 0 unspecified atom stereocenters. The number of anilines is 1. The van der Waals surface area contributed by atoms with E-state index in [1.54, 1.807) is 0 Å². The number of aromatic carboxylic acids is 1. The summed E-state index contributed by atoms with van der Waals surface area (Å²) >= 11 is 0. The van der Waals surface area contributed by atoms with Gasteiger partial charge in [0.1, 0.15) is 11.4 Å². The van der Waals surface area contributed by atoms with Crippen molar-refractivity contribution in [3.63, 3.8) is 0 Å². The number of piperazine rings is 1. The second-order valence-electron chi connectivity index (χ2n) is 6.11. The van der Waals surface area contributed by atoms with Gasteiger partial charge in [0.25, 0.3) is 0 Å². The summed E-state index contributed by atoms with van der Waals surface area (Å²) in [6, 6.07) is 17.6. The normalized spacial score (nSPS) is 14.6. The van der Waals surface area contributed by atoms with Gasteiger partial charge in [0, 0.05) is 42.5 Å². The van der Waals surface area contributed by atoms with Crippen LogP contribution in [0.2, 0.25) is 0 Å². The number of fused-ring (bicyclic) bond motifs is 1. The molecule has 0 atom stereocenters. The number of aromatic nitrogens is 1. The molecule has 5 heteroatoms. The van der Waals surface area contributed by atoms with Crippen LogP contribution >= 0.6 is 0 Å². The third-order valence-corrected chi connectivity index (χ3v) is 4.57. The topological polar surface area (TPSA) is 65.5 Å². The Morgan fingerprint density at radius 2 is 1.60 bits per heavy atom. The van der Waals surface area contributed by atoms with Gasteiger partial charge in [0.15, 0.2) is 0 Å². The Bertz CT molecular complexity index is 919. The maximum Gasteiger partial charge on any atom is 0.340 e. The Labute approximate surface area is 145 Å². The fourth-order valence-electron chi connectivity index (χ4n) is 3.38. The molecule has 1 fully saturated rings. The standard InChI is InChI=1S/C20H19N3O2/c24-20(25)17-15-8-4-5-9-16(15)18(14-6-2-1-3-7-14)22-19(17)23-12-10-21-11-13-23/h1-9,21H,10-13H2,(H,24,25). The molecule has 1 saturated heterocycles. The van der Waals surface area contributed by atoms with Crippen LogP contribution in [-0.4, -0.2) is 42.2 Å². The average Bonchev–Trinajstić information content (AvgIpc) is 2.68. The van der Waals surface area contributed by atoms with Gasteiger partial charge in [-0.3, -0.25) is 0 Å². The molecule has 2 heterocycles. The van der Waals surface area contributed by atoms with E-state index in [2.05, 4.69) is 10.2 Å². The van der Waals surface area contributed by atoms with E-state index in [4.69, 9.17) is 4.98 Å². The first-order valence-electron chi connectivity index (χ1n) is 8.43. The summed E-state index contributed by atoms with van der Waals surface area (Å²) in [5.74, 6) is -0.372. The van der Waals surface area contributed by atoms with Crippen LogP contribution in [0.25, 0.3) is 22.0 Å². The van der Waals surface area contributed by atoms with E-state index in [1.807, 2.05) is 54.6 Å². The number of carbonyl (C=O) groups is 1. The van der Waals surface area contributed by atoms with Crippen molar-refractivity contribution in [1.82, 2.24) is 10.3 Å². The summed E-state index contributed by atoms with van der Waals surface area (Å²) in [5.41, 5.74) is 2.11. The molecule has 0 bridgehead atoms. The molecule has 1 aliphatic rings. The number of rotatable bonds is 3. The maximum atomic E-state index is 12.0. The lowest BCUT2D eigenvalue weighted by atomic mass is 9.99. The van der Waals surface area contributed by atoms with Crippen molar-refractivity contribution in [2.75, 3.05) is 31.1 Å².